The summed E-state index contributed by atoms with van der Waals surface area (Å²) in [6.45, 7) is 2.02. The molecule has 0 aliphatic carbocycles. The third-order valence-electron chi connectivity index (χ3n) is 2.66. The molecular formula is C12H13F3N2S. The minimum atomic E-state index is -4.35. The van der Waals surface area contributed by atoms with Crippen LogP contribution in [0.5, 0.6) is 0 Å². The van der Waals surface area contributed by atoms with Crippen molar-refractivity contribution in [2.24, 2.45) is 4.99 Å². The minimum Gasteiger partial charge on any atom is -0.334 e. The Morgan fingerprint density at radius 3 is 2.72 bits per heavy atom. The minimum absolute atomic E-state index is 0.0630. The van der Waals surface area contributed by atoms with E-state index in [0.717, 1.165) is 18.2 Å². The van der Waals surface area contributed by atoms with Gasteiger partial charge >= 0.3 is 6.18 Å². The maximum atomic E-state index is 12.8. The summed E-state index contributed by atoms with van der Waals surface area (Å²) in [5.41, 5.74) is -0.596. The molecule has 0 spiro atoms. The largest absolute Gasteiger partial charge is 0.418 e. The van der Waals surface area contributed by atoms with Crippen LogP contribution in [0.3, 0.4) is 0 Å². The van der Waals surface area contributed by atoms with E-state index in [0.29, 0.717) is 5.17 Å². The number of thioether (sulfide) groups is 1. The Balaban J connectivity index is 2.20. The molecule has 0 bridgehead atoms. The lowest BCUT2D eigenvalue weighted by Gasteiger charge is -2.13. The van der Waals surface area contributed by atoms with Gasteiger partial charge in [0.05, 0.1) is 17.3 Å². The second kappa shape index (κ2) is 5.22. The summed E-state index contributed by atoms with van der Waals surface area (Å²) in [5, 5.41) is 3.34. The van der Waals surface area contributed by atoms with Crippen molar-refractivity contribution in [2.75, 3.05) is 11.1 Å². The zero-order valence-corrected chi connectivity index (χ0v) is 10.6. The molecule has 0 amide bonds. The monoisotopic (exact) mass is 274 g/mol. The molecule has 18 heavy (non-hydrogen) atoms. The molecule has 1 aromatic carbocycles. The van der Waals surface area contributed by atoms with Crippen molar-refractivity contribution in [3.8, 4) is 0 Å². The molecule has 1 aromatic rings. The van der Waals surface area contributed by atoms with Crippen molar-refractivity contribution >= 4 is 22.6 Å². The Labute approximate surface area is 108 Å². The van der Waals surface area contributed by atoms with Gasteiger partial charge < -0.3 is 5.32 Å². The van der Waals surface area contributed by atoms with E-state index in [1.165, 1.54) is 23.9 Å². The van der Waals surface area contributed by atoms with Gasteiger partial charge in [0.2, 0.25) is 0 Å². The van der Waals surface area contributed by atoms with E-state index >= 15 is 0 Å². The predicted octanol–water partition coefficient (Wildman–Crippen LogP) is 4.00. The first-order valence-corrected chi connectivity index (χ1v) is 6.63. The highest BCUT2D eigenvalue weighted by atomic mass is 32.2. The third kappa shape index (κ3) is 2.98. The number of alkyl halides is 3. The average Bonchev–Trinajstić information content (AvgIpc) is 2.76. The Morgan fingerprint density at radius 1 is 1.39 bits per heavy atom. The fraction of sp³-hybridized carbons (Fsp3) is 0.417. The van der Waals surface area contributed by atoms with Crippen LogP contribution in [-0.2, 0) is 6.18 Å². The van der Waals surface area contributed by atoms with Crippen LogP contribution in [0, 0.1) is 0 Å². The van der Waals surface area contributed by atoms with E-state index in [1.807, 2.05) is 6.92 Å². The standard InChI is InChI=1S/C12H13F3N2S/c1-2-8-7-18-11(16-8)17-10-6-4-3-5-9(10)12(13,14)15/h3-6,8H,2,7H2,1H3,(H,16,17)/t8-/m0/s1. The highest BCUT2D eigenvalue weighted by Crippen LogP contribution is 2.35. The van der Waals surface area contributed by atoms with Gasteiger partial charge in [0.25, 0.3) is 0 Å². The molecule has 1 atom stereocenters. The van der Waals surface area contributed by atoms with Crippen LogP contribution in [0.25, 0.3) is 0 Å². The van der Waals surface area contributed by atoms with Gasteiger partial charge in [-0.15, -0.1) is 0 Å². The molecule has 1 aliphatic heterocycles. The van der Waals surface area contributed by atoms with Crippen LogP contribution in [0.4, 0.5) is 18.9 Å². The van der Waals surface area contributed by atoms with Crippen LogP contribution >= 0.6 is 11.8 Å². The molecule has 0 fully saturated rings. The van der Waals surface area contributed by atoms with E-state index in [2.05, 4.69) is 10.3 Å². The van der Waals surface area contributed by atoms with Gasteiger partial charge in [-0.25, -0.2) is 0 Å². The van der Waals surface area contributed by atoms with Crippen molar-refractivity contribution in [1.82, 2.24) is 0 Å². The van der Waals surface area contributed by atoms with Gasteiger partial charge in [-0.05, 0) is 18.6 Å². The molecule has 2 rings (SSSR count). The van der Waals surface area contributed by atoms with Gasteiger partial charge in [0.1, 0.15) is 0 Å². The molecule has 1 heterocycles. The number of anilines is 1. The lowest BCUT2D eigenvalue weighted by atomic mass is 10.2. The molecule has 0 radical (unpaired) electrons. The average molecular weight is 274 g/mol. The molecule has 98 valence electrons. The molecule has 6 heteroatoms. The van der Waals surface area contributed by atoms with Gasteiger partial charge in [0, 0.05) is 5.75 Å². The smallest absolute Gasteiger partial charge is 0.334 e. The van der Waals surface area contributed by atoms with E-state index in [9.17, 15) is 13.2 Å². The summed E-state index contributed by atoms with van der Waals surface area (Å²) < 4.78 is 38.3. The lowest BCUT2D eigenvalue weighted by Crippen LogP contribution is -2.13. The number of amidine groups is 1. The fourth-order valence-corrected chi connectivity index (χ4v) is 2.71. The van der Waals surface area contributed by atoms with Gasteiger partial charge in [-0.1, -0.05) is 30.8 Å². The molecule has 2 nitrogen and oxygen atoms in total. The first kappa shape index (κ1) is 13.3. The summed E-state index contributed by atoms with van der Waals surface area (Å²) in [5.74, 6) is 0.826. The maximum Gasteiger partial charge on any atom is 0.418 e. The lowest BCUT2D eigenvalue weighted by molar-refractivity contribution is -0.136. The van der Waals surface area contributed by atoms with E-state index in [4.69, 9.17) is 0 Å². The van der Waals surface area contributed by atoms with E-state index in [-0.39, 0.29) is 11.7 Å². The number of hydrogen-bond acceptors (Lipinski definition) is 3. The van der Waals surface area contributed by atoms with Crippen LogP contribution in [0.1, 0.15) is 18.9 Å². The molecule has 1 N–H and O–H groups in total. The fourth-order valence-electron chi connectivity index (χ4n) is 1.65. The second-order valence-electron chi connectivity index (χ2n) is 3.98. The highest BCUT2D eigenvalue weighted by molar-refractivity contribution is 8.14. The Hall–Kier alpha value is -1.17. The SMILES string of the molecule is CC[C@H]1CSC(Nc2ccccc2C(F)(F)F)=N1. The van der Waals surface area contributed by atoms with Crippen molar-refractivity contribution < 1.29 is 13.2 Å². The predicted molar refractivity (Wildman–Crippen MR) is 69.0 cm³/mol. The zero-order chi connectivity index (χ0) is 13.2. The maximum absolute atomic E-state index is 12.8. The first-order valence-electron chi connectivity index (χ1n) is 5.64. The Morgan fingerprint density at radius 2 is 2.11 bits per heavy atom. The van der Waals surface area contributed by atoms with Gasteiger partial charge in [-0.2, -0.15) is 13.2 Å². The van der Waals surface area contributed by atoms with Crippen molar-refractivity contribution in [1.29, 1.82) is 0 Å². The first-order chi connectivity index (χ1) is 8.50. The Bertz CT molecular complexity index is 457. The van der Waals surface area contributed by atoms with Crippen LogP contribution in [0.2, 0.25) is 0 Å². The third-order valence-corrected chi connectivity index (χ3v) is 3.69. The number of hydrogen-bond donors (Lipinski definition) is 1. The molecule has 0 saturated carbocycles. The normalized spacial score (nSPS) is 19.8. The molecular weight excluding hydrogens is 261 g/mol. The number of aliphatic imine (C=N–C) groups is 1. The highest BCUT2D eigenvalue weighted by Gasteiger charge is 2.33. The quantitative estimate of drug-likeness (QED) is 0.881. The van der Waals surface area contributed by atoms with Crippen LogP contribution < -0.4 is 5.32 Å². The summed E-state index contributed by atoms with van der Waals surface area (Å²) >= 11 is 1.46. The number of benzene rings is 1. The van der Waals surface area contributed by atoms with Crippen LogP contribution in [-0.4, -0.2) is 17.0 Å². The summed E-state index contributed by atoms with van der Waals surface area (Å²) in [6, 6.07) is 5.66. The number of para-hydroxylation sites is 1. The molecule has 0 unspecified atom stereocenters. The van der Waals surface area contributed by atoms with Gasteiger partial charge in [0.15, 0.2) is 5.17 Å². The van der Waals surface area contributed by atoms with E-state index < -0.39 is 11.7 Å². The number of nitrogens with one attached hydrogen (secondary N) is 1. The zero-order valence-electron chi connectivity index (χ0n) is 9.79. The summed E-state index contributed by atoms with van der Waals surface area (Å²) in [4.78, 5) is 4.33. The number of nitrogens with zero attached hydrogens (tertiary/aromatic N) is 1. The summed E-state index contributed by atoms with van der Waals surface area (Å²) in [7, 11) is 0. The van der Waals surface area contributed by atoms with Crippen molar-refractivity contribution in [2.45, 2.75) is 25.6 Å². The van der Waals surface area contributed by atoms with Crippen molar-refractivity contribution in [3.63, 3.8) is 0 Å². The number of halogens is 3. The molecule has 0 saturated heterocycles. The van der Waals surface area contributed by atoms with Gasteiger partial charge in [-0.3, -0.25) is 4.99 Å². The van der Waals surface area contributed by atoms with Crippen LogP contribution in [0.15, 0.2) is 29.3 Å². The molecule has 1 aliphatic rings. The number of rotatable bonds is 2. The van der Waals surface area contributed by atoms with E-state index in [1.54, 1.807) is 6.07 Å². The Kier molecular flexibility index (Phi) is 3.85. The topological polar surface area (TPSA) is 24.4 Å². The summed E-state index contributed by atoms with van der Waals surface area (Å²) in [6.07, 6.45) is -3.45. The van der Waals surface area contributed by atoms with Crippen molar-refractivity contribution in [3.05, 3.63) is 29.8 Å². The second-order valence-corrected chi connectivity index (χ2v) is 4.98. The molecule has 0 aromatic heterocycles.